The normalized spacial score (nSPS) is 10.2. The Bertz CT molecular complexity index is 557. The summed E-state index contributed by atoms with van der Waals surface area (Å²) in [5.74, 6) is 0.0327. The monoisotopic (exact) mass is 289 g/mol. The number of carbonyl (C=O) groups is 1. The minimum atomic E-state index is 0.0327. The molecule has 1 amide bonds. The molecule has 0 radical (unpaired) electrons. The van der Waals surface area contributed by atoms with E-state index < -0.39 is 0 Å². The Morgan fingerprint density at radius 3 is 2.65 bits per heavy atom. The summed E-state index contributed by atoms with van der Waals surface area (Å²) in [6, 6.07) is 13.2. The van der Waals surface area contributed by atoms with Crippen LogP contribution in [0.3, 0.4) is 0 Å². The van der Waals surface area contributed by atoms with Gasteiger partial charge < -0.3 is 5.32 Å². The van der Waals surface area contributed by atoms with E-state index in [2.05, 4.69) is 9.88 Å². The number of hydrogen-bond acceptors (Lipinski definition) is 1. The van der Waals surface area contributed by atoms with Crippen LogP contribution in [0.1, 0.15) is 19.3 Å². The topological polar surface area (TPSA) is 33.0 Å². The molecular formula is C16H18ClN2O+. The number of benzene rings is 1. The number of amides is 1. The summed E-state index contributed by atoms with van der Waals surface area (Å²) in [4.78, 5) is 11.8. The lowest BCUT2D eigenvalue weighted by molar-refractivity contribution is -0.697. The molecule has 2 aromatic rings. The number of unbranched alkanes of at least 4 members (excludes halogenated alkanes) is 1. The zero-order valence-corrected chi connectivity index (χ0v) is 12.0. The number of anilines is 1. The zero-order valence-electron chi connectivity index (χ0n) is 11.3. The van der Waals surface area contributed by atoms with Crippen molar-refractivity contribution in [2.45, 2.75) is 25.8 Å². The number of aromatic nitrogens is 1. The fourth-order valence-corrected chi connectivity index (χ4v) is 2.14. The molecule has 1 N–H and O–H groups in total. The van der Waals surface area contributed by atoms with Crippen LogP contribution < -0.4 is 9.88 Å². The van der Waals surface area contributed by atoms with Gasteiger partial charge in [-0.2, -0.15) is 0 Å². The van der Waals surface area contributed by atoms with E-state index in [1.807, 2.05) is 42.7 Å². The highest BCUT2D eigenvalue weighted by Gasteiger charge is 2.04. The molecule has 0 atom stereocenters. The molecule has 2 rings (SSSR count). The molecule has 4 heteroatoms. The Labute approximate surface area is 124 Å². The summed E-state index contributed by atoms with van der Waals surface area (Å²) in [5.41, 5.74) is 0.750. The molecule has 0 aliphatic rings. The van der Waals surface area contributed by atoms with Crippen LogP contribution in [0.5, 0.6) is 0 Å². The maximum Gasteiger partial charge on any atom is 0.224 e. The summed E-state index contributed by atoms with van der Waals surface area (Å²) >= 11 is 5.87. The Balaban J connectivity index is 1.68. The van der Waals surface area contributed by atoms with E-state index in [-0.39, 0.29) is 5.91 Å². The maximum atomic E-state index is 11.8. The molecule has 0 unspecified atom stereocenters. The van der Waals surface area contributed by atoms with Crippen molar-refractivity contribution in [2.24, 2.45) is 0 Å². The number of hydrogen-bond donors (Lipinski definition) is 1. The summed E-state index contributed by atoms with van der Waals surface area (Å²) in [6.07, 6.45) is 6.45. The van der Waals surface area contributed by atoms with Crippen LogP contribution in [-0.4, -0.2) is 5.91 Å². The number of aryl methyl sites for hydroxylation is 1. The van der Waals surface area contributed by atoms with Crippen molar-refractivity contribution in [2.75, 3.05) is 5.32 Å². The first-order valence-corrected chi connectivity index (χ1v) is 7.11. The molecule has 0 saturated carbocycles. The van der Waals surface area contributed by atoms with Gasteiger partial charge in [-0.15, -0.1) is 0 Å². The first-order chi connectivity index (χ1) is 9.74. The molecular weight excluding hydrogens is 272 g/mol. The van der Waals surface area contributed by atoms with E-state index in [4.69, 9.17) is 11.6 Å². The van der Waals surface area contributed by atoms with Crippen molar-refractivity contribution in [3.05, 3.63) is 59.9 Å². The second kappa shape index (κ2) is 7.65. The van der Waals surface area contributed by atoms with Crippen molar-refractivity contribution >= 4 is 23.2 Å². The molecule has 0 aliphatic carbocycles. The quantitative estimate of drug-likeness (QED) is 0.641. The third-order valence-corrected chi connectivity index (χ3v) is 3.19. The average molecular weight is 290 g/mol. The van der Waals surface area contributed by atoms with E-state index in [1.54, 1.807) is 12.1 Å². The number of rotatable bonds is 6. The van der Waals surface area contributed by atoms with Gasteiger partial charge in [0, 0.05) is 35.7 Å². The Hall–Kier alpha value is -1.87. The van der Waals surface area contributed by atoms with Crippen LogP contribution in [0, 0.1) is 0 Å². The molecule has 1 heterocycles. The van der Waals surface area contributed by atoms with E-state index in [9.17, 15) is 4.79 Å². The summed E-state index contributed by atoms with van der Waals surface area (Å²) in [5, 5.41) is 3.48. The van der Waals surface area contributed by atoms with Gasteiger partial charge in [0.05, 0.1) is 0 Å². The van der Waals surface area contributed by atoms with E-state index in [0.717, 1.165) is 25.1 Å². The van der Waals surface area contributed by atoms with Crippen molar-refractivity contribution in [3.8, 4) is 0 Å². The van der Waals surface area contributed by atoms with Crippen LogP contribution in [-0.2, 0) is 11.3 Å². The van der Waals surface area contributed by atoms with Gasteiger partial charge in [-0.3, -0.25) is 4.79 Å². The van der Waals surface area contributed by atoms with Gasteiger partial charge in [-0.25, -0.2) is 4.57 Å². The molecule has 0 saturated heterocycles. The van der Waals surface area contributed by atoms with Crippen LogP contribution in [0.15, 0.2) is 54.9 Å². The predicted octanol–water partition coefficient (Wildman–Crippen LogP) is 3.44. The number of halogens is 1. The van der Waals surface area contributed by atoms with Gasteiger partial charge in [-0.05, 0) is 24.6 Å². The van der Waals surface area contributed by atoms with Gasteiger partial charge in [0.2, 0.25) is 5.91 Å². The van der Waals surface area contributed by atoms with Crippen LogP contribution >= 0.6 is 11.6 Å². The summed E-state index contributed by atoms with van der Waals surface area (Å²) in [7, 11) is 0. The van der Waals surface area contributed by atoms with Gasteiger partial charge in [-0.1, -0.05) is 23.7 Å². The van der Waals surface area contributed by atoms with Crippen LogP contribution in [0.25, 0.3) is 0 Å². The highest BCUT2D eigenvalue weighted by molar-refractivity contribution is 6.30. The second-order valence-electron chi connectivity index (χ2n) is 4.63. The van der Waals surface area contributed by atoms with Crippen molar-refractivity contribution in [1.29, 1.82) is 0 Å². The van der Waals surface area contributed by atoms with E-state index >= 15 is 0 Å². The summed E-state index contributed by atoms with van der Waals surface area (Å²) < 4.78 is 2.12. The van der Waals surface area contributed by atoms with E-state index in [1.165, 1.54) is 0 Å². The second-order valence-corrected chi connectivity index (χ2v) is 5.07. The minimum Gasteiger partial charge on any atom is -0.326 e. The van der Waals surface area contributed by atoms with E-state index in [0.29, 0.717) is 11.4 Å². The smallest absolute Gasteiger partial charge is 0.224 e. The zero-order chi connectivity index (χ0) is 14.2. The van der Waals surface area contributed by atoms with Gasteiger partial charge >= 0.3 is 0 Å². The third kappa shape index (κ3) is 5.02. The van der Waals surface area contributed by atoms with Crippen molar-refractivity contribution in [1.82, 2.24) is 0 Å². The molecule has 20 heavy (non-hydrogen) atoms. The SMILES string of the molecule is O=C(CCCC[n+]1ccccc1)Nc1cccc(Cl)c1. The lowest BCUT2D eigenvalue weighted by atomic mass is 10.2. The van der Waals surface area contributed by atoms with Crippen molar-refractivity contribution < 1.29 is 9.36 Å². The highest BCUT2D eigenvalue weighted by Crippen LogP contribution is 2.15. The standard InChI is InChI=1S/C16H17ClN2O/c17-14-7-6-8-15(13-14)18-16(20)9-2-5-12-19-10-3-1-4-11-19/h1,3-4,6-8,10-11,13H,2,5,9,12H2/p+1. The Morgan fingerprint density at radius 2 is 1.90 bits per heavy atom. The molecule has 0 spiro atoms. The lowest BCUT2D eigenvalue weighted by Gasteiger charge is -2.04. The molecule has 1 aromatic carbocycles. The minimum absolute atomic E-state index is 0.0327. The van der Waals surface area contributed by atoms with Crippen LogP contribution in [0.4, 0.5) is 5.69 Å². The largest absolute Gasteiger partial charge is 0.326 e. The first-order valence-electron chi connectivity index (χ1n) is 6.73. The molecule has 0 fully saturated rings. The fourth-order valence-electron chi connectivity index (χ4n) is 1.95. The highest BCUT2D eigenvalue weighted by atomic mass is 35.5. The number of carbonyl (C=O) groups excluding carboxylic acids is 1. The fraction of sp³-hybridized carbons (Fsp3) is 0.250. The Morgan fingerprint density at radius 1 is 1.10 bits per heavy atom. The predicted molar refractivity (Wildman–Crippen MR) is 80.6 cm³/mol. The molecule has 3 nitrogen and oxygen atoms in total. The Kier molecular flexibility index (Phi) is 5.56. The van der Waals surface area contributed by atoms with Gasteiger partial charge in [0.1, 0.15) is 6.54 Å². The van der Waals surface area contributed by atoms with Gasteiger partial charge in [0.15, 0.2) is 12.4 Å². The molecule has 104 valence electrons. The number of nitrogens with zero attached hydrogens (tertiary/aromatic N) is 1. The number of pyridine rings is 1. The lowest BCUT2D eigenvalue weighted by Crippen LogP contribution is -2.32. The van der Waals surface area contributed by atoms with Crippen molar-refractivity contribution in [3.63, 3.8) is 0 Å². The van der Waals surface area contributed by atoms with Crippen LogP contribution in [0.2, 0.25) is 5.02 Å². The molecule has 1 aromatic heterocycles. The average Bonchev–Trinajstić information content (AvgIpc) is 2.45. The number of nitrogens with one attached hydrogen (secondary N) is 1. The third-order valence-electron chi connectivity index (χ3n) is 2.96. The molecule has 0 aliphatic heterocycles. The maximum absolute atomic E-state index is 11.8. The summed E-state index contributed by atoms with van der Waals surface area (Å²) in [6.45, 7) is 0.936. The molecule has 0 bridgehead atoms. The van der Waals surface area contributed by atoms with Gasteiger partial charge in [0.25, 0.3) is 0 Å². The first kappa shape index (κ1) is 14.5.